The van der Waals surface area contributed by atoms with Gasteiger partial charge in [-0.2, -0.15) is 0 Å². The van der Waals surface area contributed by atoms with Crippen molar-refractivity contribution >= 4 is 15.9 Å². The molecule has 2 heterocycles. The molecule has 0 aliphatic carbocycles. The van der Waals surface area contributed by atoms with Crippen LogP contribution >= 0.6 is 0 Å². The standard InChI is InChI=1S/C16H23N3O4S/c1-18-7-8-19(15-11-24(21,22)10-14(15)18)16(20)17-9-12-3-5-13(23-2)6-4-12/h3-6,14-15H,7-11H2,1-2H3,(H,17,20)/t14-,15+/m0/s1. The number of fused-ring (bicyclic) bond motifs is 1. The Kier molecular flexibility index (Phi) is 4.69. The van der Waals surface area contributed by atoms with Gasteiger partial charge in [-0.05, 0) is 24.7 Å². The molecule has 2 atom stereocenters. The quantitative estimate of drug-likeness (QED) is 0.847. The van der Waals surface area contributed by atoms with E-state index < -0.39 is 9.84 Å². The fourth-order valence-corrected chi connectivity index (χ4v) is 5.46. The van der Waals surface area contributed by atoms with Gasteiger partial charge in [-0.15, -0.1) is 0 Å². The Hall–Kier alpha value is -1.80. The van der Waals surface area contributed by atoms with Crippen molar-refractivity contribution in [1.82, 2.24) is 15.1 Å². The number of piperazine rings is 1. The van der Waals surface area contributed by atoms with Gasteiger partial charge in [0.15, 0.2) is 9.84 Å². The van der Waals surface area contributed by atoms with E-state index in [2.05, 4.69) is 5.32 Å². The van der Waals surface area contributed by atoms with Crippen LogP contribution in [0.1, 0.15) is 5.56 Å². The van der Waals surface area contributed by atoms with Crippen molar-refractivity contribution in [3.8, 4) is 5.75 Å². The molecular formula is C16H23N3O4S. The predicted molar refractivity (Wildman–Crippen MR) is 90.8 cm³/mol. The predicted octanol–water partition coefficient (Wildman–Crippen LogP) is 0.318. The van der Waals surface area contributed by atoms with Crippen LogP contribution in [0.5, 0.6) is 5.75 Å². The van der Waals surface area contributed by atoms with E-state index in [0.717, 1.165) is 11.3 Å². The molecule has 2 aliphatic heterocycles. The van der Waals surface area contributed by atoms with Crippen molar-refractivity contribution in [3.05, 3.63) is 29.8 Å². The van der Waals surface area contributed by atoms with Crippen LogP contribution in [0.2, 0.25) is 0 Å². The Balaban J connectivity index is 1.63. The van der Waals surface area contributed by atoms with Crippen molar-refractivity contribution in [3.63, 3.8) is 0 Å². The highest BCUT2D eigenvalue weighted by Crippen LogP contribution is 2.26. The van der Waals surface area contributed by atoms with Crippen molar-refractivity contribution in [2.45, 2.75) is 18.6 Å². The van der Waals surface area contributed by atoms with E-state index in [1.807, 2.05) is 36.2 Å². The van der Waals surface area contributed by atoms with Crippen molar-refractivity contribution in [1.29, 1.82) is 0 Å². The summed E-state index contributed by atoms with van der Waals surface area (Å²) in [6, 6.07) is 6.91. The van der Waals surface area contributed by atoms with Gasteiger partial charge in [0.2, 0.25) is 0 Å². The zero-order valence-electron chi connectivity index (χ0n) is 13.9. The zero-order valence-corrected chi connectivity index (χ0v) is 14.8. The van der Waals surface area contributed by atoms with Gasteiger partial charge in [-0.25, -0.2) is 13.2 Å². The lowest BCUT2D eigenvalue weighted by Gasteiger charge is -2.42. The van der Waals surface area contributed by atoms with Gasteiger partial charge in [0.25, 0.3) is 0 Å². The molecule has 2 aliphatic rings. The molecule has 7 nitrogen and oxygen atoms in total. The molecule has 0 aromatic heterocycles. The van der Waals surface area contributed by atoms with Gasteiger partial charge >= 0.3 is 6.03 Å². The van der Waals surface area contributed by atoms with Crippen molar-refractivity contribution < 1.29 is 17.9 Å². The van der Waals surface area contributed by atoms with Crippen LogP contribution < -0.4 is 10.1 Å². The van der Waals surface area contributed by atoms with Gasteiger partial charge in [0.1, 0.15) is 5.75 Å². The molecule has 0 radical (unpaired) electrons. The summed E-state index contributed by atoms with van der Waals surface area (Å²) in [5.41, 5.74) is 0.967. The molecule has 1 N–H and O–H groups in total. The van der Waals surface area contributed by atoms with E-state index in [0.29, 0.717) is 19.6 Å². The molecule has 8 heteroatoms. The minimum absolute atomic E-state index is 0.0535. The lowest BCUT2D eigenvalue weighted by atomic mass is 10.1. The number of hydrogen-bond acceptors (Lipinski definition) is 5. The number of rotatable bonds is 3. The fourth-order valence-electron chi connectivity index (χ4n) is 3.40. The van der Waals surface area contributed by atoms with Crippen LogP contribution in [0.25, 0.3) is 0 Å². The van der Waals surface area contributed by atoms with Crippen LogP contribution in [0, 0.1) is 0 Å². The van der Waals surface area contributed by atoms with Gasteiger partial charge < -0.3 is 15.0 Å². The maximum atomic E-state index is 12.5. The summed E-state index contributed by atoms with van der Waals surface area (Å²) in [5, 5.41) is 2.89. The lowest BCUT2D eigenvalue weighted by Crippen LogP contribution is -2.61. The van der Waals surface area contributed by atoms with E-state index in [-0.39, 0.29) is 29.6 Å². The molecule has 2 saturated heterocycles. The summed E-state index contributed by atoms with van der Waals surface area (Å²) in [4.78, 5) is 16.3. The molecule has 0 saturated carbocycles. The summed E-state index contributed by atoms with van der Waals surface area (Å²) >= 11 is 0. The van der Waals surface area contributed by atoms with Crippen LogP contribution in [0.4, 0.5) is 4.79 Å². The Bertz CT molecular complexity index is 705. The van der Waals surface area contributed by atoms with E-state index in [1.54, 1.807) is 12.0 Å². The number of amides is 2. The number of nitrogens with one attached hydrogen (secondary N) is 1. The summed E-state index contributed by atoms with van der Waals surface area (Å²) in [6.07, 6.45) is 0. The number of benzene rings is 1. The van der Waals surface area contributed by atoms with Gasteiger partial charge in [0, 0.05) is 25.7 Å². The van der Waals surface area contributed by atoms with Crippen LogP contribution in [0.15, 0.2) is 24.3 Å². The SMILES string of the molecule is COc1ccc(CNC(=O)N2CCN(C)[C@H]3CS(=O)(=O)C[C@H]32)cc1. The molecular weight excluding hydrogens is 330 g/mol. The number of methoxy groups -OCH3 is 1. The molecule has 3 rings (SSSR count). The molecule has 1 aromatic rings. The molecule has 0 spiro atoms. The highest BCUT2D eigenvalue weighted by molar-refractivity contribution is 7.91. The summed E-state index contributed by atoms with van der Waals surface area (Å²) in [6.45, 7) is 1.63. The second-order valence-corrected chi connectivity index (χ2v) is 8.55. The number of ether oxygens (including phenoxy) is 1. The Morgan fingerprint density at radius 1 is 1.21 bits per heavy atom. The summed E-state index contributed by atoms with van der Waals surface area (Å²) in [5.74, 6) is 0.956. The number of nitrogens with zero attached hydrogens (tertiary/aromatic N) is 2. The highest BCUT2D eigenvalue weighted by atomic mass is 32.2. The smallest absolute Gasteiger partial charge is 0.318 e. The average Bonchev–Trinajstić information content (AvgIpc) is 2.89. The van der Waals surface area contributed by atoms with Gasteiger partial charge in [-0.3, -0.25) is 4.90 Å². The summed E-state index contributed by atoms with van der Waals surface area (Å²) in [7, 11) is 0.449. The van der Waals surface area contributed by atoms with E-state index in [9.17, 15) is 13.2 Å². The average molecular weight is 353 g/mol. The molecule has 2 amide bonds. The molecule has 1 aromatic carbocycles. The lowest BCUT2D eigenvalue weighted by molar-refractivity contribution is 0.0832. The van der Waals surface area contributed by atoms with Crippen LogP contribution in [0.3, 0.4) is 0 Å². The largest absolute Gasteiger partial charge is 0.497 e. The first-order valence-corrected chi connectivity index (χ1v) is 9.80. The summed E-state index contributed by atoms with van der Waals surface area (Å²) < 4.78 is 29.0. The van der Waals surface area contributed by atoms with Crippen molar-refractivity contribution in [2.75, 3.05) is 38.8 Å². The number of hydrogen-bond donors (Lipinski definition) is 1. The second kappa shape index (κ2) is 6.60. The minimum atomic E-state index is -3.08. The molecule has 24 heavy (non-hydrogen) atoms. The first-order chi connectivity index (χ1) is 11.4. The topological polar surface area (TPSA) is 79.0 Å². The molecule has 2 fully saturated rings. The number of likely N-dealkylation sites (N-methyl/N-ethyl adjacent to an activating group) is 1. The minimum Gasteiger partial charge on any atom is -0.497 e. The monoisotopic (exact) mass is 353 g/mol. The van der Waals surface area contributed by atoms with Crippen LogP contribution in [-0.2, 0) is 16.4 Å². The van der Waals surface area contributed by atoms with Gasteiger partial charge in [-0.1, -0.05) is 12.1 Å². The number of urea groups is 1. The Morgan fingerprint density at radius 3 is 2.54 bits per heavy atom. The Morgan fingerprint density at radius 2 is 1.88 bits per heavy atom. The number of sulfone groups is 1. The third-order valence-corrected chi connectivity index (χ3v) is 6.52. The number of carbonyl (C=O) groups excluding carboxylic acids is 1. The third-order valence-electron chi connectivity index (χ3n) is 4.82. The Labute approximate surface area is 142 Å². The number of carbonyl (C=O) groups is 1. The maximum Gasteiger partial charge on any atom is 0.318 e. The first kappa shape index (κ1) is 17.0. The first-order valence-electron chi connectivity index (χ1n) is 7.98. The fraction of sp³-hybridized carbons (Fsp3) is 0.562. The normalized spacial score (nSPS) is 26.0. The highest BCUT2D eigenvalue weighted by Gasteiger charge is 2.46. The van der Waals surface area contributed by atoms with E-state index >= 15 is 0 Å². The van der Waals surface area contributed by atoms with Crippen molar-refractivity contribution in [2.24, 2.45) is 0 Å². The molecule has 0 bridgehead atoms. The zero-order chi connectivity index (χ0) is 17.3. The second-order valence-electron chi connectivity index (χ2n) is 6.39. The van der Waals surface area contributed by atoms with E-state index in [1.165, 1.54) is 0 Å². The molecule has 132 valence electrons. The van der Waals surface area contributed by atoms with Crippen LogP contribution in [-0.4, -0.2) is 75.1 Å². The molecule has 0 unspecified atom stereocenters. The van der Waals surface area contributed by atoms with Gasteiger partial charge in [0.05, 0.1) is 24.7 Å². The maximum absolute atomic E-state index is 12.5. The third kappa shape index (κ3) is 3.49. The van der Waals surface area contributed by atoms with E-state index in [4.69, 9.17) is 4.74 Å².